The molecular weight excluding hydrogens is 392 g/mol. The molecule has 0 saturated heterocycles. The number of carbonyl (C=O) groups excluding carboxylic acids is 1. The summed E-state index contributed by atoms with van der Waals surface area (Å²) >= 11 is 0. The number of hydrogen-bond acceptors (Lipinski definition) is 6. The van der Waals surface area contributed by atoms with Crippen molar-refractivity contribution in [1.29, 1.82) is 0 Å². The fourth-order valence-corrected chi connectivity index (χ4v) is 5.45. The lowest BCUT2D eigenvalue weighted by molar-refractivity contribution is 0.0869. The zero-order chi connectivity index (χ0) is 20.4. The summed E-state index contributed by atoms with van der Waals surface area (Å²) in [5.41, 5.74) is 1.32. The molecule has 0 aromatic heterocycles. The smallest absolute Gasteiger partial charge is 0.269 e. The molecule has 1 unspecified atom stereocenters. The highest BCUT2D eigenvalue weighted by Crippen LogP contribution is 2.33. The maximum atomic E-state index is 12.5. The van der Waals surface area contributed by atoms with E-state index in [4.69, 9.17) is 9.47 Å². The number of nitrogens with zero attached hydrogens (tertiary/aromatic N) is 1. The number of fused-ring (bicyclic) bond motifs is 2. The molecule has 0 fully saturated rings. The van der Waals surface area contributed by atoms with Crippen molar-refractivity contribution in [2.24, 2.45) is 0 Å². The van der Waals surface area contributed by atoms with Crippen LogP contribution in [0.3, 0.4) is 0 Å². The van der Waals surface area contributed by atoms with Crippen molar-refractivity contribution >= 4 is 15.9 Å². The van der Waals surface area contributed by atoms with E-state index in [2.05, 4.69) is 5.32 Å². The van der Waals surface area contributed by atoms with E-state index in [1.54, 1.807) is 25.3 Å². The summed E-state index contributed by atoms with van der Waals surface area (Å²) in [7, 11) is -2.06. The zero-order valence-corrected chi connectivity index (χ0v) is 17.1. The number of benzene rings is 2. The Hall–Kier alpha value is -2.58. The van der Waals surface area contributed by atoms with Gasteiger partial charge in [-0.3, -0.25) is 4.79 Å². The van der Waals surface area contributed by atoms with Crippen molar-refractivity contribution in [2.45, 2.75) is 30.2 Å². The second-order valence-electron chi connectivity index (χ2n) is 7.19. The minimum atomic E-state index is -3.71. The van der Waals surface area contributed by atoms with Crippen LogP contribution >= 0.6 is 0 Å². The molecule has 29 heavy (non-hydrogen) atoms. The molecule has 0 saturated carbocycles. The summed E-state index contributed by atoms with van der Waals surface area (Å²) in [6.07, 6.45) is 2.16. The predicted molar refractivity (Wildman–Crippen MR) is 108 cm³/mol. The number of rotatable bonds is 7. The van der Waals surface area contributed by atoms with E-state index in [1.807, 2.05) is 18.2 Å². The molecule has 0 aliphatic carbocycles. The van der Waals surface area contributed by atoms with Crippen LogP contribution in [-0.2, 0) is 16.4 Å². The standard InChI is InChI=1S/C21H24N2O5S/c1-27-18-8-6-9-19-17(18)13-15(14-28-19)22-11-4-5-12-23-21(24)16-7-2-3-10-20(16)29(23,25)26/h2-3,6-10,15,22H,4-5,11-14H2,1H3. The molecule has 8 heteroatoms. The van der Waals surface area contributed by atoms with Crippen molar-refractivity contribution in [3.8, 4) is 11.5 Å². The van der Waals surface area contributed by atoms with Gasteiger partial charge in [0.05, 0.1) is 12.7 Å². The highest BCUT2D eigenvalue weighted by Gasteiger charge is 2.40. The van der Waals surface area contributed by atoms with Crippen LogP contribution in [-0.4, -0.2) is 51.5 Å². The Morgan fingerprint density at radius 3 is 2.79 bits per heavy atom. The molecule has 7 nitrogen and oxygen atoms in total. The van der Waals surface area contributed by atoms with Gasteiger partial charge in [0.2, 0.25) is 0 Å². The second kappa shape index (κ2) is 8.04. The Morgan fingerprint density at radius 1 is 1.17 bits per heavy atom. The van der Waals surface area contributed by atoms with Crippen molar-refractivity contribution in [3.05, 3.63) is 53.6 Å². The monoisotopic (exact) mass is 416 g/mol. The summed E-state index contributed by atoms with van der Waals surface area (Å²) in [5, 5.41) is 3.45. The van der Waals surface area contributed by atoms with Crippen molar-refractivity contribution in [2.75, 3.05) is 26.8 Å². The zero-order valence-electron chi connectivity index (χ0n) is 16.3. The molecule has 2 aliphatic rings. The number of sulfonamides is 1. The molecule has 2 aromatic rings. The number of carbonyl (C=O) groups is 1. The number of unbranched alkanes of at least 4 members (excludes halogenated alkanes) is 1. The van der Waals surface area contributed by atoms with Gasteiger partial charge < -0.3 is 14.8 Å². The van der Waals surface area contributed by atoms with Crippen LogP contribution in [0, 0.1) is 0 Å². The molecular formula is C21H24N2O5S. The van der Waals surface area contributed by atoms with E-state index in [0.29, 0.717) is 19.6 Å². The largest absolute Gasteiger partial charge is 0.496 e. The Balaban J connectivity index is 1.27. The molecule has 154 valence electrons. The SMILES string of the molecule is COc1cccc2c1CC(NCCCCN1C(=O)c3ccccc3S1(=O)=O)CO2. The third-order valence-corrected chi connectivity index (χ3v) is 7.17. The van der Waals surface area contributed by atoms with E-state index >= 15 is 0 Å². The van der Waals surface area contributed by atoms with Crippen molar-refractivity contribution in [3.63, 3.8) is 0 Å². The maximum Gasteiger partial charge on any atom is 0.269 e. The van der Waals surface area contributed by atoms with Gasteiger partial charge in [-0.25, -0.2) is 12.7 Å². The van der Waals surface area contributed by atoms with E-state index in [1.165, 1.54) is 6.07 Å². The Bertz CT molecular complexity index is 1010. The number of methoxy groups -OCH3 is 1. The molecule has 1 N–H and O–H groups in total. The molecule has 0 spiro atoms. The maximum absolute atomic E-state index is 12.5. The lowest BCUT2D eigenvalue weighted by Crippen LogP contribution is -2.40. The van der Waals surface area contributed by atoms with Crippen LogP contribution in [0.4, 0.5) is 0 Å². The molecule has 4 rings (SSSR count). The first kappa shape index (κ1) is 19.7. The second-order valence-corrected chi connectivity index (χ2v) is 9.02. The summed E-state index contributed by atoms with van der Waals surface area (Å²) < 4.78 is 37.3. The highest BCUT2D eigenvalue weighted by molar-refractivity contribution is 7.90. The molecule has 2 heterocycles. The molecule has 1 atom stereocenters. The first-order chi connectivity index (χ1) is 14.0. The van der Waals surface area contributed by atoms with Crippen molar-refractivity contribution in [1.82, 2.24) is 9.62 Å². The van der Waals surface area contributed by atoms with Gasteiger partial charge in [-0.15, -0.1) is 0 Å². The molecule has 1 amide bonds. The highest BCUT2D eigenvalue weighted by atomic mass is 32.2. The molecule has 0 bridgehead atoms. The van der Waals surface area contributed by atoms with Crippen LogP contribution in [0.25, 0.3) is 0 Å². The number of amides is 1. The first-order valence-electron chi connectivity index (χ1n) is 9.70. The molecule has 2 aromatic carbocycles. The van der Waals surface area contributed by atoms with Crippen molar-refractivity contribution < 1.29 is 22.7 Å². The average molecular weight is 416 g/mol. The average Bonchev–Trinajstić information content (AvgIpc) is 2.93. The molecule has 2 aliphatic heterocycles. The Morgan fingerprint density at radius 2 is 2.00 bits per heavy atom. The summed E-state index contributed by atoms with van der Waals surface area (Å²) in [5.74, 6) is 1.25. The van der Waals surface area contributed by atoms with Gasteiger partial charge in [-0.1, -0.05) is 18.2 Å². The number of ether oxygens (including phenoxy) is 2. The van der Waals surface area contributed by atoms with Gasteiger partial charge in [0, 0.05) is 18.2 Å². The fraction of sp³-hybridized carbons (Fsp3) is 0.381. The van der Waals surface area contributed by atoms with Gasteiger partial charge in [-0.05, 0) is 50.1 Å². The van der Waals surface area contributed by atoms with E-state index in [0.717, 1.165) is 34.2 Å². The normalized spacial score (nSPS) is 19.4. The number of hydrogen-bond donors (Lipinski definition) is 1. The topological polar surface area (TPSA) is 84.9 Å². The lowest BCUT2D eigenvalue weighted by Gasteiger charge is -2.27. The van der Waals surface area contributed by atoms with Gasteiger partial charge in [0.15, 0.2) is 0 Å². The Labute approximate surface area is 170 Å². The van der Waals surface area contributed by atoms with E-state index in [9.17, 15) is 13.2 Å². The van der Waals surface area contributed by atoms with E-state index < -0.39 is 15.9 Å². The lowest BCUT2D eigenvalue weighted by atomic mass is 10.0. The summed E-state index contributed by atoms with van der Waals surface area (Å²) in [4.78, 5) is 12.5. The van der Waals surface area contributed by atoms with Gasteiger partial charge in [0.1, 0.15) is 23.0 Å². The summed E-state index contributed by atoms with van der Waals surface area (Å²) in [6, 6.07) is 12.3. The minimum Gasteiger partial charge on any atom is -0.496 e. The quantitative estimate of drug-likeness (QED) is 0.697. The summed E-state index contributed by atoms with van der Waals surface area (Å²) in [6.45, 7) is 1.48. The van der Waals surface area contributed by atoms with Gasteiger partial charge in [-0.2, -0.15) is 0 Å². The number of nitrogens with one attached hydrogen (secondary N) is 1. The van der Waals surface area contributed by atoms with Crippen LogP contribution in [0.5, 0.6) is 11.5 Å². The van der Waals surface area contributed by atoms with E-state index in [-0.39, 0.29) is 23.0 Å². The minimum absolute atomic E-state index is 0.107. The molecule has 0 radical (unpaired) electrons. The van der Waals surface area contributed by atoms with Gasteiger partial charge >= 0.3 is 0 Å². The predicted octanol–water partition coefficient (Wildman–Crippen LogP) is 2.21. The Kier molecular flexibility index (Phi) is 5.47. The third-order valence-electron chi connectivity index (χ3n) is 5.33. The van der Waals surface area contributed by atoms with Crippen LogP contribution in [0.15, 0.2) is 47.4 Å². The van der Waals surface area contributed by atoms with Gasteiger partial charge in [0.25, 0.3) is 15.9 Å². The van der Waals surface area contributed by atoms with Crippen LogP contribution in [0.2, 0.25) is 0 Å². The fourth-order valence-electron chi connectivity index (χ4n) is 3.84. The van der Waals surface area contributed by atoms with Crippen LogP contribution in [0.1, 0.15) is 28.8 Å². The third kappa shape index (κ3) is 3.70. The van der Waals surface area contributed by atoms with Crippen LogP contribution < -0.4 is 14.8 Å². The first-order valence-corrected chi connectivity index (χ1v) is 11.1.